The summed E-state index contributed by atoms with van der Waals surface area (Å²) in [4.78, 5) is 26.1. The SMILES string of the molecule is O=C1CN(c2ccccc2NC(=O)C2CCCCC2)CCN1. The zero-order chi connectivity index (χ0) is 15.4. The normalized spacial score (nSPS) is 19.6. The van der Waals surface area contributed by atoms with Crippen LogP contribution in [0.3, 0.4) is 0 Å². The lowest BCUT2D eigenvalue weighted by molar-refractivity contribution is -0.121. The molecule has 1 saturated heterocycles. The van der Waals surface area contributed by atoms with Crippen molar-refractivity contribution in [1.82, 2.24) is 5.32 Å². The summed E-state index contributed by atoms with van der Waals surface area (Å²) in [5.74, 6) is 0.278. The van der Waals surface area contributed by atoms with E-state index in [4.69, 9.17) is 0 Å². The van der Waals surface area contributed by atoms with Gasteiger partial charge in [-0.15, -0.1) is 0 Å². The van der Waals surface area contributed by atoms with E-state index in [0.29, 0.717) is 13.1 Å². The minimum absolute atomic E-state index is 0.0275. The van der Waals surface area contributed by atoms with Gasteiger partial charge in [-0.3, -0.25) is 9.59 Å². The number of carbonyl (C=O) groups excluding carboxylic acids is 2. The molecule has 2 N–H and O–H groups in total. The van der Waals surface area contributed by atoms with Crippen LogP contribution in [0.25, 0.3) is 0 Å². The number of nitrogens with one attached hydrogen (secondary N) is 2. The zero-order valence-corrected chi connectivity index (χ0v) is 12.8. The maximum Gasteiger partial charge on any atom is 0.239 e. The highest BCUT2D eigenvalue weighted by Crippen LogP contribution is 2.29. The van der Waals surface area contributed by atoms with E-state index in [1.807, 2.05) is 29.2 Å². The number of piperazine rings is 1. The summed E-state index contributed by atoms with van der Waals surface area (Å²) in [6, 6.07) is 7.75. The smallest absolute Gasteiger partial charge is 0.239 e. The van der Waals surface area contributed by atoms with Crippen molar-refractivity contribution in [3.63, 3.8) is 0 Å². The number of anilines is 2. The quantitative estimate of drug-likeness (QED) is 0.899. The van der Waals surface area contributed by atoms with Crippen LogP contribution >= 0.6 is 0 Å². The highest BCUT2D eigenvalue weighted by atomic mass is 16.2. The topological polar surface area (TPSA) is 61.4 Å². The molecule has 2 fully saturated rings. The van der Waals surface area contributed by atoms with Crippen molar-refractivity contribution in [2.45, 2.75) is 32.1 Å². The standard InChI is InChI=1S/C17H23N3O2/c21-16-12-20(11-10-18-16)15-9-5-4-8-14(15)19-17(22)13-6-2-1-3-7-13/h4-5,8-9,13H,1-3,6-7,10-12H2,(H,18,21)(H,19,22). The van der Waals surface area contributed by atoms with Crippen LogP contribution in [0.2, 0.25) is 0 Å². The van der Waals surface area contributed by atoms with Crippen molar-refractivity contribution in [3.05, 3.63) is 24.3 Å². The minimum atomic E-state index is 0.0275. The van der Waals surface area contributed by atoms with Crippen molar-refractivity contribution in [1.29, 1.82) is 0 Å². The molecule has 5 heteroatoms. The average molecular weight is 301 g/mol. The van der Waals surface area contributed by atoms with Crippen LogP contribution in [0.4, 0.5) is 11.4 Å². The molecule has 0 unspecified atom stereocenters. The van der Waals surface area contributed by atoms with Gasteiger partial charge in [0.25, 0.3) is 0 Å². The molecule has 2 amide bonds. The van der Waals surface area contributed by atoms with Gasteiger partial charge in [-0.05, 0) is 25.0 Å². The van der Waals surface area contributed by atoms with E-state index in [-0.39, 0.29) is 17.7 Å². The van der Waals surface area contributed by atoms with E-state index in [0.717, 1.165) is 43.6 Å². The molecule has 2 aliphatic rings. The number of hydrogen-bond donors (Lipinski definition) is 2. The third-order valence-electron chi connectivity index (χ3n) is 4.52. The van der Waals surface area contributed by atoms with Gasteiger partial charge < -0.3 is 15.5 Å². The molecule has 5 nitrogen and oxygen atoms in total. The molecular formula is C17H23N3O2. The summed E-state index contributed by atoms with van der Waals surface area (Å²) in [7, 11) is 0. The van der Waals surface area contributed by atoms with Gasteiger partial charge in [-0.25, -0.2) is 0 Å². The number of amides is 2. The number of rotatable bonds is 3. The fourth-order valence-electron chi connectivity index (χ4n) is 3.30. The van der Waals surface area contributed by atoms with Crippen molar-refractivity contribution in [2.75, 3.05) is 29.9 Å². The Kier molecular flexibility index (Phi) is 4.61. The lowest BCUT2D eigenvalue weighted by Gasteiger charge is -2.30. The zero-order valence-electron chi connectivity index (χ0n) is 12.8. The van der Waals surface area contributed by atoms with E-state index in [2.05, 4.69) is 10.6 Å². The van der Waals surface area contributed by atoms with E-state index in [9.17, 15) is 9.59 Å². The number of para-hydroxylation sites is 2. The van der Waals surface area contributed by atoms with Crippen LogP contribution in [-0.2, 0) is 9.59 Å². The molecule has 1 aromatic rings. The Labute approximate surface area is 131 Å². The van der Waals surface area contributed by atoms with Crippen LogP contribution in [0.15, 0.2) is 24.3 Å². The lowest BCUT2D eigenvalue weighted by Crippen LogP contribution is -2.48. The van der Waals surface area contributed by atoms with Crippen molar-refractivity contribution >= 4 is 23.2 Å². The molecule has 1 heterocycles. The second-order valence-corrected chi connectivity index (χ2v) is 6.11. The van der Waals surface area contributed by atoms with Gasteiger partial charge in [0.2, 0.25) is 11.8 Å². The summed E-state index contributed by atoms with van der Waals surface area (Å²) < 4.78 is 0. The predicted molar refractivity (Wildman–Crippen MR) is 86.9 cm³/mol. The Balaban J connectivity index is 1.73. The molecule has 1 aliphatic heterocycles. The second kappa shape index (κ2) is 6.81. The van der Waals surface area contributed by atoms with Gasteiger partial charge >= 0.3 is 0 Å². The van der Waals surface area contributed by atoms with Crippen molar-refractivity contribution < 1.29 is 9.59 Å². The Morgan fingerprint density at radius 2 is 1.95 bits per heavy atom. The van der Waals surface area contributed by atoms with Crippen molar-refractivity contribution in [3.8, 4) is 0 Å². The number of nitrogens with zero attached hydrogens (tertiary/aromatic N) is 1. The van der Waals surface area contributed by atoms with E-state index < -0.39 is 0 Å². The molecule has 0 spiro atoms. The molecule has 118 valence electrons. The monoisotopic (exact) mass is 301 g/mol. The molecular weight excluding hydrogens is 278 g/mol. The van der Waals surface area contributed by atoms with Crippen molar-refractivity contribution in [2.24, 2.45) is 5.92 Å². The molecule has 0 atom stereocenters. The summed E-state index contributed by atoms with van der Waals surface area (Å²) in [6.07, 6.45) is 5.50. The highest BCUT2D eigenvalue weighted by molar-refractivity contribution is 5.96. The fraction of sp³-hybridized carbons (Fsp3) is 0.529. The summed E-state index contributed by atoms with van der Waals surface area (Å²) in [6.45, 7) is 1.75. The molecule has 1 aliphatic carbocycles. The first-order valence-corrected chi connectivity index (χ1v) is 8.15. The summed E-state index contributed by atoms with van der Waals surface area (Å²) in [5.41, 5.74) is 1.74. The number of hydrogen-bond acceptors (Lipinski definition) is 3. The first-order chi connectivity index (χ1) is 10.7. The van der Waals surface area contributed by atoms with Gasteiger partial charge in [0.1, 0.15) is 0 Å². The minimum Gasteiger partial charge on any atom is -0.359 e. The maximum absolute atomic E-state index is 12.5. The van der Waals surface area contributed by atoms with E-state index in [1.165, 1.54) is 6.42 Å². The molecule has 1 aromatic carbocycles. The lowest BCUT2D eigenvalue weighted by atomic mass is 9.88. The van der Waals surface area contributed by atoms with Crippen LogP contribution < -0.4 is 15.5 Å². The second-order valence-electron chi connectivity index (χ2n) is 6.11. The van der Waals surface area contributed by atoms with Crippen LogP contribution in [0.5, 0.6) is 0 Å². The Morgan fingerprint density at radius 1 is 1.18 bits per heavy atom. The van der Waals surface area contributed by atoms with Crippen LogP contribution in [0, 0.1) is 5.92 Å². The van der Waals surface area contributed by atoms with Gasteiger partial charge in [-0.2, -0.15) is 0 Å². The molecule has 0 radical (unpaired) electrons. The van der Waals surface area contributed by atoms with Crippen LogP contribution in [-0.4, -0.2) is 31.4 Å². The Hall–Kier alpha value is -2.04. The Morgan fingerprint density at radius 3 is 2.73 bits per heavy atom. The largest absolute Gasteiger partial charge is 0.359 e. The first-order valence-electron chi connectivity index (χ1n) is 8.15. The summed E-state index contributed by atoms with van der Waals surface area (Å²) in [5, 5.41) is 5.91. The van der Waals surface area contributed by atoms with E-state index in [1.54, 1.807) is 0 Å². The first kappa shape index (κ1) is 14.9. The van der Waals surface area contributed by atoms with Gasteiger partial charge in [0, 0.05) is 19.0 Å². The van der Waals surface area contributed by atoms with Gasteiger partial charge in [0.15, 0.2) is 0 Å². The van der Waals surface area contributed by atoms with Crippen LogP contribution in [0.1, 0.15) is 32.1 Å². The maximum atomic E-state index is 12.5. The fourth-order valence-corrected chi connectivity index (χ4v) is 3.30. The molecule has 3 rings (SSSR count). The summed E-state index contributed by atoms with van der Waals surface area (Å²) >= 11 is 0. The van der Waals surface area contributed by atoms with Gasteiger partial charge in [0.05, 0.1) is 17.9 Å². The predicted octanol–water partition coefficient (Wildman–Crippen LogP) is 2.14. The molecule has 0 aromatic heterocycles. The molecule has 1 saturated carbocycles. The van der Waals surface area contributed by atoms with Gasteiger partial charge in [-0.1, -0.05) is 31.4 Å². The molecule has 22 heavy (non-hydrogen) atoms. The average Bonchev–Trinajstić information content (AvgIpc) is 2.56. The third kappa shape index (κ3) is 3.40. The molecule has 0 bridgehead atoms. The van der Waals surface area contributed by atoms with E-state index >= 15 is 0 Å². The number of benzene rings is 1. The number of carbonyl (C=O) groups is 2. The highest BCUT2D eigenvalue weighted by Gasteiger charge is 2.23. The Bertz CT molecular complexity index is 553. The third-order valence-corrected chi connectivity index (χ3v) is 4.52.